The molecule has 0 aliphatic rings. The van der Waals surface area contributed by atoms with Gasteiger partial charge in [0.15, 0.2) is 0 Å². The Balaban J connectivity index is 2.11. The topological polar surface area (TPSA) is 38.0 Å². The number of nitrogens with one attached hydrogen (secondary N) is 1. The molecule has 6 heteroatoms. The van der Waals surface area contributed by atoms with Crippen LogP contribution in [0.1, 0.15) is 11.6 Å². The third-order valence-corrected chi connectivity index (χ3v) is 5.18. The number of thioether (sulfide) groups is 1. The first kappa shape index (κ1) is 16.1. The van der Waals surface area contributed by atoms with E-state index in [1.807, 2.05) is 24.3 Å². The Morgan fingerprint density at radius 1 is 1.20 bits per heavy atom. The Kier molecular flexibility index (Phi) is 6.20. The molecule has 0 heterocycles. The van der Waals surface area contributed by atoms with E-state index in [0.717, 1.165) is 20.7 Å². The van der Waals surface area contributed by atoms with Crippen molar-refractivity contribution >= 4 is 50.9 Å². The third-order valence-electron chi connectivity index (χ3n) is 2.77. The highest BCUT2D eigenvalue weighted by atomic mass is 79.9. The number of hydrogen-bond acceptors (Lipinski definition) is 3. The molecule has 106 valence electrons. The van der Waals surface area contributed by atoms with Crippen LogP contribution in [0.25, 0.3) is 0 Å². The number of halogens is 3. The monoisotopic (exact) mass is 390 g/mol. The molecule has 2 aromatic rings. The van der Waals surface area contributed by atoms with Crippen LogP contribution in [-0.2, 0) is 0 Å². The zero-order valence-electron chi connectivity index (χ0n) is 10.4. The fourth-order valence-corrected chi connectivity index (χ4v) is 3.76. The highest BCUT2D eigenvalue weighted by Gasteiger charge is 2.15. The van der Waals surface area contributed by atoms with E-state index in [-0.39, 0.29) is 6.04 Å². The summed E-state index contributed by atoms with van der Waals surface area (Å²) >= 11 is 17.4. The summed E-state index contributed by atoms with van der Waals surface area (Å²) in [5, 5.41) is 1.09. The maximum atomic E-state index is 6.23. The van der Waals surface area contributed by atoms with E-state index < -0.39 is 0 Å². The second-order valence-electron chi connectivity index (χ2n) is 4.13. The molecule has 2 nitrogen and oxygen atoms in total. The minimum Gasteiger partial charge on any atom is -0.271 e. The molecular weight excluding hydrogens is 379 g/mol. The van der Waals surface area contributed by atoms with Crippen LogP contribution >= 0.6 is 50.9 Å². The van der Waals surface area contributed by atoms with Gasteiger partial charge >= 0.3 is 0 Å². The molecule has 2 rings (SSSR count). The molecule has 0 spiro atoms. The zero-order chi connectivity index (χ0) is 14.5. The second kappa shape index (κ2) is 7.69. The summed E-state index contributed by atoms with van der Waals surface area (Å²) in [6, 6.07) is 13.6. The van der Waals surface area contributed by atoms with Gasteiger partial charge in [0.2, 0.25) is 0 Å². The predicted octanol–water partition coefficient (Wildman–Crippen LogP) is 5.05. The van der Waals surface area contributed by atoms with Gasteiger partial charge in [0.25, 0.3) is 0 Å². The van der Waals surface area contributed by atoms with Gasteiger partial charge in [0.05, 0.1) is 16.1 Å². The van der Waals surface area contributed by atoms with Gasteiger partial charge in [0.1, 0.15) is 0 Å². The molecule has 0 radical (unpaired) electrons. The number of hydrogen-bond donors (Lipinski definition) is 2. The standard InChI is InChI=1S/C14H13BrCl2N2S/c15-9-3-1-4-10(7-9)20-8-13(19-18)11-5-2-6-12(16)14(11)17/h1-7,13,19H,8,18H2. The Bertz CT molecular complexity index is 595. The lowest BCUT2D eigenvalue weighted by Gasteiger charge is -2.18. The van der Waals surface area contributed by atoms with E-state index in [0.29, 0.717) is 10.0 Å². The summed E-state index contributed by atoms with van der Waals surface area (Å²) in [7, 11) is 0. The van der Waals surface area contributed by atoms with Crippen molar-refractivity contribution in [3.8, 4) is 0 Å². The molecule has 0 aliphatic heterocycles. The Morgan fingerprint density at radius 3 is 2.65 bits per heavy atom. The van der Waals surface area contributed by atoms with Crippen molar-refractivity contribution in [1.82, 2.24) is 5.43 Å². The van der Waals surface area contributed by atoms with E-state index in [1.54, 1.807) is 17.8 Å². The predicted molar refractivity (Wildman–Crippen MR) is 91.4 cm³/mol. The number of nitrogens with two attached hydrogens (primary N) is 1. The normalized spacial score (nSPS) is 12.4. The number of benzene rings is 2. The summed E-state index contributed by atoms with van der Waals surface area (Å²) in [4.78, 5) is 1.16. The summed E-state index contributed by atoms with van der Waals surface area (Å²) in [5.41, 5.74) is 3.70. The highest BCUT2D eigenvalue weighted by molar-refractivity contribution is 9.10. The fourth-order valence-electron chi connectivity index (χ4n) is 1.75. The van der Waals surface area contributed by atoms with Crippen LogP contribution in [0.4, 0.5) is 0 Å². The van der Waals surface area contributed by atoms with Crippen LogP contribution in [0.15, 0.2) is 51.8 Å². The first-order valence-corrected chi connectivity index (χ1v) is 8.43. The van der Waals surface area contributed by atoms with Crippen molar-refractivity contribution < 1.29 is 0 Å². The third kappa shape index (κ3) is 4.13. The average Bonchev–Trinajstić information content (AvgIpc) is 2.44. The van der Waals surface area contributed by atoms with Crippen LogP contribution in [-0.4, -0.2) is 5.75 Å². The van der Waals surface area contributed by atoms with E-state index in [4.69, 9.17) is 29.0 Å². The summed E-state index contributed by atoms with van der Waals surface area (Å²) in [5.74, 6) is 6.40. The fraction of sp³-hybridized carbons (Fsp3) is 0.143. The van der Waals surface area contributed by atoms with E-state index in [1.165, 1.54) is 0 Å². The van der Waals surface area contributed by atoms with Gasteiger partial charge in [-0.25, -0.2) is 0 Å². The van der Waals surface area contributed by atoms with Crippen LogP contribution < -0.4 is 11.3 Å². The Morgan fingerprint density at radius 2 is 1.95 bits per heavy atom. The molecule has 0 aromatic heterocycles. The van der Waals surface area contributed by atoms with E-state index in [9.17, 15) is 0 Å². The number of rotatable bonds is 5. The molecule has 0 saturated heterocycles. The lowest BCUT2D eigenvalue weighted by atomic mass is 10.1. The van der Waals surface area contributed by atoms with Gasteiger partial charge in [-0.15, -0.1) is 11.8 Å². The van der Waals surface area contributed by atoms with Crippen molar-refractivity contribution in [2.24, 2.45) is 5.84 Å². The molecule has 20 heavy (non-hydrogen) atoms. The van der Waals surface area contributed by atoms with Gasteiger partial charge in [-0.2, -0.15) is 0 Å². The van der Waals surface area contributed by atoms with Crippen molar-refractivity contribution in [2.45, 2.75) is 10.9 Å². The lowest BCUT2D eigenvalue weighted by Crippen LogP contribution is -2.29. The van der Waals surface area contributed by atoms with Crippen molar-refractivity contribution in [2.75, 3.05) is 5.75 Å². The van der Waals surface area contributed by atoms with Crippen LogP contribution in [0.5, 0.6) is 0 Å². The van der Waals surface area contributed by atoms with Gasteiger partial charge in [-0.3, -0.25) is 11.3 Å². The molecule has 3 N–H and O–H groups in total. The van der Waals surface area contributed by atoms with Crippen molar-refractivity contribution in [3.63, 3.8) is 0 Å². The van der Waals surface area contributed by atoms with Gasteiger partial charge in [-0.1, -0.05) is 57.3 Å². The lowest BCUT2D eigenvalue weighted by molar-refractivity contribution is 0.611. The summed E-state index contributed by atoms with van der Waals surface area (Å²) in [6.45, 7) is 0. The number of hydrazine groups is 1. The van der Waals surface area contributed by atoms with Crippen molar-refractivity contribution in [1.29, 1.82) is 0 Å². The smallest absolute Gasteiger partial charge is 0.0640 e. The molecule has 1 unspecified atom stereocenters. The van der Waals surface area contributed by atoms with Gasteiger partial charge in [0, 0.05) is 15.1 Å². The Hall–Kier alpha value is -0.230. The van der Waals surface area contributed by atoms with Crippen molar-refractivity contribution in [3.05, 3.63) is 62.5 Å². The zero-order valence-corrected chi connectivity index (χ0v) is 14.4. The SMILES string of the molecule is NNC(CSc1cccc(Br)c1)c1cccc(Cl)c1Cl. The first-order chi connectivity index (χ1) is 9.61. The first-order valence-electron chi connectivity index (χ1n) is 5.90. The minimum atomic E-state index is -0.0646. The second-order valence-corrected chi connectivity index (χ2v) is 6.92. The minimum absolute atomic E-state index is 0.0646. The summed E-state index contributed by atoms with van der Waals surface area (Å²) in [6.07, 6.45) is 0. The molecule has 0 fully saturated rings. The van der Waals surface area contributed by atoms with E-state index >= 15 is 0 Å². The summed E-state index contributed by atoms with van der Waals surface area (Å²) < 4.78 is 1.06. The molecular formula is C14H13BrCl2N2S. The van der Waals surface area contributed by atoms with Crippen LogP contribution in [0, 0.1) is 0 Å². The molecule has 0 bridgehead atoms. The largest absolute Gasteiger partial charge is 0.271 e. The maximum Gasteiger partial charge on any atom is 0.0640 e. The maximum absolute atomic E-state index is 6.23. The van der Waals surface area contributed by atoms with E-state index in [2.05, 4.69) is 33.5 Å². The quantitative estimate of drug-likeness (QED) is 0.425. The molecule has 0 aliphatic carbocycles. The molecule has 0 saturated carbocycles. The molecule has 1 atom stereocenters. The van der Waals surface area contributed by atoms with Gasteiger partial charge in [-0.05, 0) is 29.8 Å². The molecule has 0 amide bonds. The molecule has 2 aromatic carbocycles. The Labute approximate surface area is 141 Å². The van der Waals surface area contributed by atoms with Crippen LogP contribution in [0.2, 0.25) is 10.0 Å². The van der Waals surface area contributed by atoms with Gasteiger partial charge < -0.3 is 0 Å². The highest BCUT2D eigenvalue weighted by Crippen LogP contribution is 2.33. The average molecular weight is 392 g/mol. The van der Waals surface area contributed by atoms with Crippen LogP contribution in [0.3, 0.4) is 0 Å².